The van der Waals surface area contributed by atoms with Crippen LogP contribution in [0.4, 0.5) is 8.78 Å². The van der Waals surface area contributed by atoms with E-state index in [1.807, 2.05) is 0 Å². The van der Waals surface area contributed by atoms with Gasteiger partial charge in [0.15, 0.2) is 5.96 Å². The van der Waals surface area contributed by atoms with Crippen LogP contribution in [0.25, 0.3) is 0 Å². The van der Waals surface area contributed by atoms with Crippen LogP contribution in [0.1, 0.15) is 15.9 Å². The number of ether oxygens (including phenoxy) is 1. The van der Waals surface area contributed by atoms with Crippen LogP contribution in [-0.4, -0.2) is 43.6 Å². The molecule has 2 aromatic rings. The number of hydrogen-bond acceptors (Lipinski definition) is 4. The Balaban J connectivity index is 0.00000450. The van der Waals surface area contributed by atoms with Gasteiger partial charge in [0.1, 0.15) is 5.75 Å². The largest absolute Gasteiger partial charge is 0.433 e. The molecule has 0 saturated carbocycles. The van der Waals surface area contributed by atoms with Crippen LogP contribution < -0.4 is 20.7 Å². The van der Waals surface area contributed by atoms with Crippen molar-refractivity contribution in [3.05, 3.63) is 57.8 Å². The van der Waals surface area contributed by atoms with Crippen molar-refractivity contribution in [2.24, 2.45) is 4.99 Å². The molecular formula is C18H20Cl2F2IN5O2. The van der Waals surface area contributed by atoms with Crippen LogP contribution in [0.5, 0.6) is 5.75 Å². The van der Waals surface area contributed by atoms with Crippen molar-refractivity contribution in [2.75, 3.05) is 20.1 Å². The van der Waals surface area contributed by atoms with E-state index < -0.39 is 6.61 Å². The van der Waals surface area contributed by atoms with Gasteiger partial charge in [-0.2, -0.15) is 8.78 Å². The summed E-state index contributed by atoms with van der Waals surface area (Å²) in [6.45, 7) is -2.22. The molecule has 12 heteroatoms. The number of nitrogens with one attached hydrogen (secondary N) is 3. The van der Waals surface area contributed by atoms with E-state index in [0.717, 1.165) is 0 Å². The number of hydrogen-bond donors (Lipinski definition) is 3. The number of rotatable bonds is 8. The van der Waals surface area contributed by atoms with E-state index in [1.165, 1.54) is 18.3 Å². The molecule has 0 aliphatic rings. The summed E-state index contributed by atoms with van der Waals surface area (Å²) in [6, 6.07) is 6.13. The molecule has 0 bridgehead atoms. The smallest absolute Gasteiger partial charge is 0.387 e. The number of guanidine groups is 1. The number of alkyl halides is 2. The maximum Gasteiger partial charge on any atom is 0.387 e. The van der Waals surface area contributed by atoms with Gasteiger partial charge in [-0.15, -0.1) is 24.0 Å². The Labute approximate surface area is 199 Å². The molecule has 0 aliphatic carbocycles. The average molecular weight is 574 g/mol. The molecule has 3 N–H and O–H groups in total. The van der Waals surface area contributed by atoms with E-state index in [2.05, 4.69) is 30.7 Å². The summed E-state index contributed by atoms with van der Waals surface area (Å²) in [4.78, 5) is 19.8. The molecule has 1 heterocycles. The average Bonchev–Trinajstić information content (AvgIpc) is 2.70. The van der Waals surface area contributed by atoms with Crippen LogP contribution in [0.3, 0.4) is 0 Å². The molecular weight excluding hydrogens is 554 g/mol. The van der Waals surface area contributed by atoms with Gasteiger partial charge in [0.2, 0.25) is 0 Å². The second-order valence-electron chi connectivity index (χ2n) is 5.60. The molecule has 1 aromatic heterocycles. The highest BCUT2D eigenvalue weighted by atomic mass is 127. The molecule has 1 aromatic carbocycles. The predicted octanol–water partition coefficient (Wildman–Crippen LogP) is 3.70. The van der Waals surface area contributed by atoms with Gasteiger partial charge in [-0.3, -0.25) is 14.8 Å². The highest BCUT2D eigenvalue weighted by Crippen LogP contribution is 2.33. The number of benzene rings is 1. The van der Waals surface area contributed by atoms with Crippen molar-refractivity contribution < 1.29 is 18.3 Å². The fourth-order valence-corrected chi connectivity index (χ4v) is 2.90. The quantitative estimate of drug-likeness (QED) is 0.194. The fourth-order valence-electron chi connectivity index (χ4n) is 2.32. The number of nitrogens with zero attached hydrogens (tertiary/aromatic N) is 2. The highest BCUT2D eigenvalue weighted by Gasteiger charge is 2.15. The van der Waals surface area contributed by atoms with Gasteiger partial charge in [-0.05, 0) is 24.3 Å². The van der Waals surface area contributed by atoms with Gasteiger partial charge >= 0.3 is 6.61 Å². The van der Waals surface area contributed by atoms with Crippen molar-refractivity contribution in [1.29, 1.82) is 0 Å². The third kappa shape index (κ3) is 8.44. The summed E-state index contributed by atoms with van der Waals surface area (Å²) in [5, 5.41) is 8.94. The topological polar surface area (TPSA) is 87.6 Å². The third-order valence-electron chi connectivity index (χ3n) is 3.59. The molecule has 164 valence electrons. The van der Waals surface area contributed by atoms with Crippen LogP contribution in [0.2, 0.25) is 10.0 Å². The number of amides is 1. The zero-order valence-corrected chi connectivity index (χ0v) is 19.6. The first-order valence-corrected chi connectivity index (χ1v) is 9.21. The summed E-state index contributed by atoms with van der Waals surface area (Å²) >= 11 is 11.9. The Hall–Kier alpha value is -1.92. The Morgan fingerprint density at radius 3 is 2.60 bits per heavy atom. The molecule has 0 saturated heterocycles. The molecule has 30 heavy (non-hydrogen) atoms. The lowest BCUT2D eigenvalue weighted by Gasteiger charge is -2.16. The number of aliphatic imine (C=N–C) groups is 1. The van der Waals surface area contributed by atoms with E-state index in [1.54, 1.807) is 25.4 Å². The lowest BCUT2D eigenvalue weighted by Crippen LogP contribution is -2.41. The second kappa shape index (κ2) is 13.4. The standard InChI is InChI=1S/C18H19Cl2F2N5O2.HI/c1-23-18(26-6-5-25-16(28)11-3-2-4-24-9-11)27-10-12-7-13(19)8-14(20)15(12)29-17(21)22;/h2-4,7-9,17H,5-6,10H2,1H3,(H,25,28)(H2,23,26,27);1H. The molecule has 7 nitrogen and oxygen atoms in total. The number of pyridine rings is 1. The summed E-state index contributed by atoms with van der Waals surface area (Å²) in [7, 11) is 1.55. The number of halogens is 5. The molecule has 2 rings (SSSR count). The van der Waals surface area contributed by atoms with Crippen LogP contribution in [-0.2, 0) is 6.54 Å². The molecule has 0 radical (unpaired) electrons. The Bertz CT molecular complexity index is 860. The zero-order chi connectivity index (χ0) is 21.2. The second-order valence-corrected chi connectivity index (χ2v) is 6.45. The Kier molecular flexibility index (Phi) is 11.7. The number of carbonyl (C=O) groups excluding carboxylic acids is 1. The lowest BCUT2D eigenvalue weighted by atomic mass is 10.2. The monoisotopic (exact) mass is 573 g/mol. The highest BCUT2D eigenvalue weighted by molar-refractivity contribution is 14.0. The van der Waals surface area contributed by atoms with E-state index in [-0.39, 0.29) is 52.2 Å². The summed E-state index contributed by atoms with van der Waals surface area (Å²) in [5.41, 5.74) is 0.801. The first-order valence-electron chi connectivity index (χ1n) is 8.46. The minimum Gasteiger partial charge on any atom is -0.433 e. The summed E-state index contributed by atoms with van der Waals surface area (Å²) < 4.78 is 29.7. The lowest BCUT2D eigenvalue weighted by molar-refractivity contribution is -0.0504. The Morgan fingerprint density at radius 1 is 1.23 bits per heavy atom. The minimum absolute atomic E-state index is 0. The predicted molar refractivity (Wildman–Crippen MR) is 123 cm³/mol. The molecule has 0 unspecified atom stereocenters. The first kappa shape index (κ1) is 26.1. The van der Waals surface area contributed by atoms with Crippen molar-refractivity contribution in [3.8, 4) is 5.75 Å². The maximum atomic E-state index is 12.6. The number of aromatic nitrogens is 1. The summed E-state index contributed by atoms with van der Waals surface area (Å²) in [6.07, 6.45) is 3.05. The van der Waals surface area contributed by atoms with Gasteiger partial charge < -0.3 is 20.7 Å². The minimum atomic E-state index is -3.02. The molecule has 0 aliphatic heterocycles. The molecule has 0 spiro atoms. The van der Waals surface area contributed by atoms with Gasteiger partial charge in [-0.25, -0.2) is 0 Å². The first-order chi connectivity index (χ1) is 13.9. The Morgan fingerprint density at radius 2 is 1.97 bits per heavy atom. The van der Waals surface area contributed by atoms with Crippen LogP contribution >= 0.6 is 47.2 Å². The van der Waals surface area contributed by atoms with Crippen molar-refractivity contribution in [2.45, 2.75) is 13.2 Å². The van der Waals surface area contributed by atoms with Gasteiger partial charge in [0.05, 0.1) is 10.6 Å². The van der Waals surface area contributed by atoms with E-state index >= 15 is 0 Å². The van der Waals surface area contributed by atoms with Crippen molar-refractivity contribution >= 4 is 59.0 Å². The molecule has 0 fully saturated rings. The molecule has 1 amide bonds. The van der Waals surface area contributed by atoms with Crippen LogP contribution in [0, 0.1) is 0 Å². The van der Waals surface area contributed by atoms with Gasteiger partial charge in [0, 0.05) is 49.7 Å². The normalized spacial score (nSPS) is 10.9. The van der Waals surface area contributed by atoms with E-state index in [4.69, 9.17) is 23.2 Å². The third-order valence-corrected chi connectivity index (χ3v) is 4.09. The van der Waals surface area contributed by atoms with E-state index in [9.17, 15) is 13.6 Å². The van der Waals surface area contributed by atoms with Crippen molar-refractivity contribution in [1.82, 2.24) is 20.9 Å². The zero-order valence-electron chi connectivity index (χ0n) is 15.8. The SMILES string of the molecule is CN=C(NCCNC(=O)c1cccnc1)NCc1cc(Cl)cc(Cl)c1OC(F)F.I. The fraction of sp³-hybridized carbons (Fsp3) is 0.278. The number of carbonyl (C=O) groups is 1. The van der Waals surface area contributed by atoms with E-state index in [0.29, 0.717) is 30.2 Å². The summed E-state index contributed by atoms with van der Waals surface area (Å²) in [5.74, 6) is -0.0114. The van der Waals surface area contributed by atoms with Gasteiger partial charge in [0.25, 0.3) is 5.91 Å². The van der Waals surface area contributed by atoms with Gasteiger partial charge in [-0.1, -0.05) is 23.2 Å². The van der Waals surface area contributed by atoms with Crippen molar-refractivity contribution in [3.63, 3.8) is 0 Å². The van der Waals surface area contributed by atoms with Crippen LogP contribution in [0.15, 0.2) is 41.7 Å². The molecule has 0 atom stereocenters. The maximum absolute atomic E-state index is 12.6.